The molecule has 3 aromatic heterocycles. The fourth-order valence-electron chi connectivity index (χ4n) is 4.29. The van der Waals surface area contributed by atoms with Crippen molar-refractivity contribution >= 4 is 22.8 Å². The molecular formula is C31H27F4N5O4. The third-order valence-corrected chi connectivity index (χ3v) is 6.00. The largest absolute Gasteiger partial charge is 0.466 e. The number of carbonyl (C=O) groups excluding carboxylic acids is 1. The molecule has 0 bridgehead atoms. The molecule has 0 unspecified atom stereocenters. The fraction of sp³-hybridized carbons (Fsp3) is 0.226. The number of benzene rings is 2. The Bertz CT molecular complexity index is 1820. The molecule has 0 aliphatic heterocycles. The number of nitrogens with zero attached hydrogens (tertiary/aromatic N) is 4. The molecule has 228 valence electrons. The van der Waals surface area contributed by atoms with Crippen LogP contribution in [0.2, 0.25) is 0 Å². The third kappa shape index (κ3) is 7.22. The predicted molar refractivity (Wildman–Crippen MR) is 155 cm³/mol. The molecule has 1 amide bonds. The normalized spacial score (nSPS) is 11.8. The van der Waals surface area contributed by atoms with E-state index < -0.39 is 30.3 Å². The molecule has 0 saturated heterocycles. The van der Waals surface area contributed by atoms with Gasteiger partial charge < -0.3 is 18.8 Å². The van der Waals surface area contributed by atoms with Gasteiger partial charge in [-0.05, 0) is 69.7 Å². The third-order valence-electron chi connectivity index (χ3n) is 6.00. The van der Waals surface area contributed by atoms with Crippen LogP contribution in [0.5, 0.6) is 17.5 Å². The van der Waals surface area contributed by atoms with Crippen molar-refractivity contribution in [3.63, 3.8) is 0 Å². The van der Waals surface area contributed by atoms with Crippen molar-refractivity contribution in [2.45, 2.75) is 39.5 Å². The first-order valence-corrected chi connectivity index (χ1v) is 13.3. The van der Waals surface area contributed by atoms with Crippen LogP contribution in [-0.2, 0) is 4.74 Å². The molecule has 1 N–H and O–H groups in total. The maximum absolute atomic E-state index is 15.4. The van der Waals surface area contributed by atoms with E-state index in [9.17, 15) is 18.0 Å². The summed E-state index contributed by atoms with van der Waals surface area (Å²) in [5.41, 5.74) is 2.03. The lowest BCUT2D eigenvalue weighted by molar-refractivity contribution is -0.153. The number of pyridine rings is 1. The number of anilines is 1. The van der Waals surface area contributed by atoms with E-state index in [1.165, 1.54) is 22.8 Å². The van der Waals surface area contributed by atoms with E-state index in [0.29, 0.717) is 22.6 Å². The molecule has 13 heteroatoms. The molecule has 0 fully saturated rings. The monoisotopic (exact) mass is 609 g/mol. The second-order valence-electron chi connectivity index (χ2n) is 10.7. The second kappa shape index (κ2) is 11.8. The van der Waals surface area contributed by atoms with Crippen LogP contribution in [0.15, 0.2) is 73.1 Å². The molecule has 5 aromatic rings. The SMILES string of the molecule is Cc1cccc(Oc2ccc(-n3c(-c4ccc(NC(=O)OC(C)(C)C)cc4)cc4ncnc(OCC(F)(F)F)c43)cc2F)n1. The van der Waals surface area contributed by atoms with Crippen LogP contribution < -0.4 is 14.8 Å². The van der Waals surface area contributed by atoms with E-state index in [-0.39, 0.29) is 34.2 Å². The summed E-state index contributed by atoms with van der Waals surface area (Å²) >= 11 is 0. The molecular weight excluding hydrogens is 582 g/mol. The van der Waals surface area contributed by atoms with Gasteiger partial charge in [-0.2, -0.15) is 18.2 Å². The van der Waals surface area contributed by atoms with Gasteiger partial charge in [-0.1, -0.05) is 18.2 Å². The minimum absolute atomic E-state index is 0.0936. The standard InChI is InChI=1S/C31H27F4N5O4/c1-18-6-5-7-26(38-18)43-25-13-12-21(14-22(25)32)40-24(15-23-27(40)28(37-17-36-23)42-16-31(33,34)35)19-8-10-20(11-9-19)39-29(41)44-30(2,3)4/h5-15,17H,16H2,1-4H3,(H,39,41). The van der Waals surface area contributed by atoms with Crippen LogP contribution >= 0.6 is 0 Å². The first-order chi connectivity index (χ1) is 20.8. The van der Waals surface area contributed by atoms with Gasteiger partial charge in [0.25, 0.3) is 0 Å². The van der Waals surface area contributed by atoms with Gasteiger partial charge in [0, 0.05) is 29.2 Å². The van der Waals surface area contributed by atoms with Gasteiger partial charge in [-0.3, -0.25) is 5.32 Å². The number of carbonyl (C=O) groups is 1. The van der Waals surface area contributed by atoms with Crippen LogP contribution in [0.4, 0.5) is 28.0 Å². The average Bonchev–Trinajstić information content (AvgIpc) is 3.32. The van der Waals surface area contributed by atoms with Crippen molar-refractivity contribution in [3.8, 4) is 34.5 Å². The van der Waals surface area contributed by atoms with E-state index in [1.54, 1.807) is 76.2 Å². The van der Waals surface area contributed by atoms with Crippen molar-refractivity contribution in [1.82, 2.24) is 19.5 Å². The van der Waals surface area contributed by atoms with Gasteiger partial charge in [0.15, 0.2) is 18.2 Å². The number of fused-ring (bicyclic) bond motifs is 1. The summed E-state index contributed by atoms with van der Waals surface area (Å²) in [6, 6.07) is 17.4. The van der Waals surface area contributed by atoms with Crippen molar-refractivity contribution in [1.29, 1.82) is 0 Å². The molecule has 0 spiro atoms. The highest BCUT2D eigenvalue weighted by Crippen LogP contribution is 2.37. The highest BCUT2D eigenvalue weighted by Gasteiger charge is 2.30. The van der Waals surface area contributed by atoms with Crippen molar-refractivity contribution in [2.24, 2.45) is 0 Å². The Balaban J connectivity index is 1.57. The Morgan fingerprint density at radius 2 is 1.73 bits per heavy atom. The van der Waals surface area contributed by atoms with Gasteiger partial charge in [-0.25, -0.2) is 19.2 Å². The molecule has 0 aliphatic carbocycles. The van der Waals surface area contributed by atoms with Crippen molar-refractivity contribution in [3.05, 3.63) is 84.6 Å². The van der Waals surface area contributed by atoms with Crippen LogP contribution in [0, 0.1) is 12.7 Å². The maximum atomic E-state index is 15.4. The topological polar surface area (TPSA) is 100 Å². The summed E-state index contributed by atoms with van der Waals surface area (Å²) in [5, 5.41) is 2.64. The Hall–Kier alpha value is -5.20. The Labute approximate surface area is 249 Å². The van der Waals surface area contributed by atoms with Crippen LogP contribution in [0.3, 0.4) is 0 Å². The molecule has 44 heavy (non-hydrogen) atoms. The lowest BCUT2D eigenvalue weighted by Gasteiger charge is -2.19. The van der Waals surface area contributed by atoms with E-state index in [0.717, 1.165) is 6.33 Å². The van der Waals surface area contributed by atoms with Crippen LogP contribution in [0.25, 0.3) is 28.0 Å². The lowest BCUT2D eigenvalue weighted by Crippen LogP contribution is -2.27. The molecule has 0 aliphatic rings. The van der Waals surface area contributed by atoms with E-state index >= 15 is 4.39 Å². The lowest BCUT2D eigenvalue weighted by atomic mass is 10.1. The number of alkyl halides is 3. The Morgan fingerprint density at radius 1 is 0.977 bits per heavy atom. The minimum Gasteiger partial charge on any atom is -0.466 e. The van der Waals surface area contributed by atoms with Gasteiger partial charge in [-0.15, -0.1) is 0 Å². The summed E-state index contributed by atoms with van der Waals surface area (Å²) in [4.78, 5) is 24.6. The fourth-order valence-corrected chi connectivity index (χ4v) is 4.29. The number of aromatic nitrogens is 4. The zero-order valence-electron chi connectivity index (χ0n) is 24.1. The van der Waals surface area contributed by atoms with E-state index in [2.05, 4.69) is 20.3 Å². The van der Waals surface area contributed by atoms with Crippen LogP contribution in [-0.4, -0.2) is 44.0 Å². The van der Waals surface area contributed by atoms with Gasteiger partial charge in [0.1, 0.15) is 17.4 Å². The van der Waals surface area contributed by atoms with Gasteiger partial charge in [0.2, 0.25) is 11.8 Å². The number of aryl methyl sites for hydroxylation is 1. The van der Waals surface area contributed by atoms with Crippen LogP contribution in [0.1, 0.15) is 26.5 Å². The predicted octanol–water partition coefficient (Wildman–Crippen LogP) is 8.01. The molecule has 0 saturated carbocycles. The minimum atomic E-state index is -4.62. The van der Waals surface area contributed by atoms with E-state index in [1.807, 2.05) is 0 Å². The zero-order valence-corrected chi connectivity index (χ0v) is 24.1. The highest BCUT2D eigenvalue weighted by atomic mass is 19.4. The average molecular weight is 610 g/mol. The highest BCUT2D eigenvalue weighted by molar-refractivity contribution is 5.90. The van der Waals surface area contributed by atoms with E-state index in [4.69, 9.17) is 14.2 Å². The van der Waals surface area contributed by atoms with Crippen molar-refractivity contribution < 1.29 is 36.6 Å². The number of ether oxygens (including phenoxy) is 3. The number of nitrogens with one attached hydrogen (secondary N) is 1. The first kappa shape index (κ1) is 30.3. The maximum Gasteiger partial charge on any atom is 0.422 e. The van der Waals surface area contributed by atoms with Gasteiger partial charge in [0.05, 0.1) is 11.2 Å². The molecule has 2 aromatic carbocycles. The summed E-state index contributed by atoms with van der Waals surface area (Å²) in [5.74, 6) is -0.996. The molecule has 3 heterocycles. The zero-order chi connectivity index (χ0) is 31.6. The van der Waals surface area contributed by atoms with Crippen molar-refractivity contribution in [2.75, 3.05) is 11.9 Å². The number of hydrogen-bond donors (Lipinski definition) is 1. The molecule has 0 atom stereocenters. The summed E-state index contributed by atoms with van der Waals surface area (Å²) < 4.78 is 72.1. The second-order valence-corrected chi connectivity index (χ2v) is 10.7. The summed E-state index contributed by atoms with van der Waals surface area (Å²) in [7, 11) is 0. The number of amides is 1. The number of hydrogen-bond acceptors (Lipinski definition) is 7. The quantitative estimate of drug-likeness (QED) is 0.187. The summed E-state index contributed by atoms with van der Waals surface area (Å²) in [6.07, 6.45) is -4.18. The molecule has 0 radical (unpaired) electrons. The van der Waals surface area contributed by atoms with Gasteiger partial charge >= 0.3 is 12.3 Å². The number of halogens is 4. The molecule has 5 rings (SSSR count). The summed E-state index contributed by atoms with van der Waals surface area (Å²) in [6.45, 7) is 5.40. The Kier molecular flexibility index (Phi) is 8.13. The molecule has 9 nitrogen and oxygen atoms in total. The number of rotatable bonds is 7. The first-order valence-electron chi connectivity index (χ1n) is 13.3. The smallest absolute Gasteiger partial charge is 0.422 e. The Morgan fingerprint density at radius 3 is 2.39 bits per heavy atom.